The standard InChI is InChI=1S/C10H9IO3/c1-6(13)8-3-7(5-12)9(11)4-10(8)14-2/h3-5H,1-2H3. The molecule has 74 valence electrons. The van der Waals surface area contributed by atoms with Crippen LogP contribution in [-0.4, -0.2) is 19.2 Å². The highest BCUT2D eigenvalue weighted by Crippen LogP contribution is 2.24. The van der Waals surface area contributed by atoms with Gasteiger partial charge in [-0.1, -0.05) is 0 Å². The molecule has 0 saturated heterocycles. The van der Waals surface area contributed by atoms with Crippen LogP contribution < -0.4 is 4.74 Å². The maximum absolute atomic E-state index is 11.2. The molecule has 0 radical (unpaired) electrons. The highest BCUT2D eigenvalue weighted by atomic mass is 127. The monoisotopic (exact) mass is 304 g/mol. The number of hydrogen-bond acceptors (Lipinski definition) is 3. The van der Waals surface area contributed by atoms with Crippen molar-refractivity contribution >= 4 is 34.7 Å². The molecule has 0 saturated carbocycles. The lowest BCUT2D eigenvalue weighted by Gasteiger charge is -2.07. The molecule has 0 N–H and O–H groups in total. The van der Waals surface area contributed by atoms with Crippen LogP contribution in [0.5, 0.6) is 5.75 Å². The zero-order valence-electron chi connectivity index (χ0n) is 7.83. The molecular formula is C10H9IO3. The molecular weight excluding hydrogens is 295 g/mol. The third kappa shape index (κ3) is 2.12. The number of ether oxygens (including phenoxy) is 1. The normalized spacial score (nSPS) is 9.64. The van der Waals surface area contributed by atoms with E-state index in [4.69, 9.17) is 4.74 Å². The predicted octanol–water partition coefficient (Wildman–Crippen LogP) is 2.31. The highest BCUT2D eigenvalue weighted by Gasteiger charge is 2.11. The van der Waals surface area contributed by atoms with Crippen molar-refractivity contribution in [2.24, 2.45) is 0 Å². The number of Topliss-reactive ketones (excluding diaryl/α,β-unsaturated/α-hetero) is 1. The van der Waals surface area contributed by atoms with E-state index in [1.54, 1.807) is 12.1 Å². The van der Waals surface area contributed by atoms with Crippen LogP contribution in [0.3, 0.4) is 0 Å². The Morgan fingerprint density at radius 3 is 2.57 bits per heavy atom. The van der Waals surface area contributed by atoms with E-state index in [0.29, 0.717) is 16.9 Å². The van der Waals surface area contributed by atoms with Gasteiger partial charge in [0.1, 0.15) is 5.75 Å². The summed E-state index contributed by atoms with van der Waals surface area (Å²) in [6.45, 7) is 1.44. The van der Waals surface area contributed by atoms with Crippen LogP contribution in [0.2, 0.25) is 0 Å². The number of methoxy groups -OCH3 is 1. The summed E-state index contributed by atoms with van der Waals surface area (Å²) in [6, 6.07) is 3.23. The summed E-state index contributed by atoms with van der Waals surface area (Å²) in [7, 11) is 1.50. The molecule has 3 nitrogen and oxygen atoms in total. The molecule has 0 aliphatic heterocycles. The summed E-state index contributed by atoms with van der Waals surface area (Å²) in [4.78, 5) is 21.9. The SMILES string of the molecule is COc1cc(I)c(C=O)cc1C(C)=O. The van der Waals surface area contributed by atoms with Crippen LogP contribution in [0, 0.1) is 3.57 Å². The summed E-state index contributed by atoms with van der Waals surface area (Å²) in [6.07, 6.45) is 0.730. The van der Waals surface area contributed by atoms with Gasteiger partial charge in [0, 0.05) is 9.13 Å². The first kappa shape index (κ1) is 11.2. The van der Waals surface area contributed by atoms with Gasteiger partial charge in [-0.15, -0.1) is 0 Å². The van der Waals surface area contributed by atoms with Crippen LogP contribution in [0.15, 0.2) is 12.1 Å². The van der Waals surface area contributed by atoms with Crippen LogP contribution in [0.25, 0.3) is 0 Å². The number of ketones is 1. The van der Waals surface area contributed by atoms with Crippen molar-refractivity contribution in [2.45, 2.75) is 6.92 Å². The van der Waals surface area contributed by atoms with Gasteiger partial charge >= 0.3 is 0 Å². The van der Waals surface area contributed by atoms with Gasteiger partial charge in [-0.3, -0.25) is 9.59 Å². The number of carbonyl (C=O) groups excluding carboxylic acids is 2. The van der Waals surface area contributed by atoms with Crippen LogP contribution in [-0.2, 0) is 0 Å². The van der Waals surface area contributed by atoms with Crippen molar-refractivity contribution in [3.63, 3.8) is 0 Å². The molecule has 0 fully saturated rings. The van der Waals surface area contributed by atoms with E-state index in [0.717, 1.165) is 9.86 Å². The lowest BCUT2D eigenvalue weighted by atomic mass is 10.1. The van der Waals surface area contributed by atoms with E-state index in [-0.39, 0.29) is 5.78 Å². The Hall–Kier alpha value is -0.910. The molecule has 0 aliphatic rings. The summed E-state index contributed by atoms with van der Waals surface area (Å²) in [5, 5.41) is 0. The molecule has 0 bridgehead atoms. The van der Waals surface area contributed by atoms with Crippen LogP contribution >= 0.6 is 22.6 Å². The van der Waals surface area contributed by atoms with Gasteiger partial charge in [0.05, 0.1) is 12.7 Å². The maximum Gasteiger partial charge on any atom is 0.163 e. The smallest absolute Gasteiger partial charge is 0.163 e. The van der Waals surface area contributed by atoms with Gasteiger partial charge < -0.3 is 4.74 Å². The average molecular weight is 304 g/mol. The topological polar surface area (TPSA) is 43.4 Å². The molecule has 1 rings (SSSR count). The Kier molecular flexibility index (Phi) is 3.62. The average Bonchev–Trinajstić information content (AvgIpc) is 2.16. The van der Waals surface area contributed by atoms with Gasteiger partial charge in [-0.25, -0.2) is 0 Å². The number of carbonyl (C=O) groups is 2. The molecule has 0 aromatic heterocycles. The fraction of sp³-hybridized carbons (Fsp3) is 0.200. The van der Waals surface area contributed by atoms with E-state index >= 15 is 0 Å². The largest absolute Gasteiger partial charge is 0.496 e. The first-order chi connectivity index (χ1) is 6.60. The molecule has 0 atom stereocenters. The molecule has 0 aliphatic carbocycles. The second-order valence-corrected chi connectivity index (χ2v) is 3.91. The predicted molar refractivity (Wildman–Crippen MR) is 61.1 cm³/mol. The molecule has 0 spiro atoms. The van der Waals surface area contributed by atoms with Crippen molar-refractivity contribution in [1.82, 2.24) is 0 Å². The summed E-state index contributed by atoms with van der Waals surface area (Å²) in [5.41, 5.74) is 0.951. The molecule has 0 unspecified atom stereocenters. The lowest BCUT2D eigenvalue weighted by Crippen LogP contribution is -2.00. The summed E-state index contributed by atoms with van der Waals surface area (Å²) in [5.74, 6) is 0.397. The minimum absolute atomic E-state index is 0.110. The minimum atomic E-state index is -0.110. The molecule has 1 aromatic rings. The minimum Gasteiger partial charge on any atom is -0.496 e. The second kappa shape index (κ2) is 4.54. The van der Waals surface area contributed by atoms with Crippen molar-refractivity contribution in [2.75, 3.05) is 7.11 Å². The fourth-order valence-electron chi connectivity index (χ4n) is 1.11. The number of benzene rings is 1. The Morgan fingerprint density at radius 1 is 1.50 bits per heavy atom. The number of rotatable bonds is 3. The Bertz CT molecular complexity index is 385. The molecule has 14 heavy (non-hydrogen) atoms. The van der Waals surface area contributed by atoms with E-state index in [2.05, 4.69) is 0 Å². The fourth-order valence-corrected chi connectivity index (χ4v) is 1.67. The molecule has 4 heteroatoms. The zero-order chi connectivity index (χ0) is 10.7. The zero-order valence-corrected chi connectivity index (χ0v) is 9.99. The van der Waals surface area contributed by atoms with E-state index in [9.17, 15) is 9.59 Å². The third-order valence-electron chi connectivity index (χ3n) is 1.83. The van der Waals surface area contributed by atoms with E-state index < -0.39 is 0 Å². The van der Waals surface area contributed by atoms with E-state index in [1.807, 2.05) is 22.6 Å². The summed E-state index contributed by atoms with van der Waals surface area (Å²) < 4.78 is 5.82. The first-order valence-corrected chi connectivity index (χ1v) is 5.01. The molecule has 0 heterocycles. The third-order valence-corrected chi connectivity index (χ3v) is 2.76. The number of aldehydes is 1. The molecule has 1 aromatic carbocycles. The Balaban J connectivity index is 3.39. The number of hydrogen-bond donors (Lipinski definition) is 0. The molecule has 0 amide bonds. The van der Waals surface area contributed by atoms with Crippen molar-refractivity contribution in [3.05, 3.63) is 26.8 Å². The van der Waals surface area contributed by atoms with E-state index in [1.165, 1.54) is 14.0 Å². The quantitative estimate of drug-likeness (QED) is 0.489. The van der Waals surface area contributed by atoms with Crippen LogP contribution in [0.4, 0.5) is 0 Å². The van der Waals surface area contributed by atoms with Crippen molar-refractivity contribution in [1.29, 1.82) is 0 Å². The highest BCUT2D eigenvalue weighted by molar-refractivity contribution is 14.1. The second-order valence-electron chi connectivity index (χ2n) is 2.75. The number of halogens is 1. The van der Waals surface area contributed by atoms with Gasteiger partial charge in [-0.05, 0) is 41.6 Å². The summed E-state index contributed by atoms with van der Waals surface area (Å²) >= 11 is 2.03. The van der Waals surface area contributed by atoms with Gasteiger partial charge in [0.25, 0.3) is 0 Å². The van der Waals surface area contributed by atoms with Crippen LogP contribution in [0.1, 0.15) is 27.6 Å². The van der Waals surface area contributed by atoms with Gasteiger partial charge in [0.2, 0.25) is 0 Å². The van der Waals surface area contributed by atoms with Gasteiger partial charge in [0.15, 0.2) is 12.1 Å². The first-order valence-electron chi connectivity index (χ1n) is 3.93. The Labute approximate surface area is 95.6 Å². The Morgan fingerprint density at radius 2 is 2.14 bits per heavy atom. The van der Waals surface area contributed by atoms with Gasteiger partial charge in [-0.2, -0.15) is 0 Å². The maximum atomic E-state index is 11.2. The lowest BCUT2D eigenvalue weighted by molar-refractivity contribution is 0.101. The van der Waals surface area contributed by atoms with Crippen molar-refractivity contribution in [3.8, 4) is 5.75 Å². The van der Waals surface area contributed by atoms with Crippen molar-refractivity contribution < 1.29 is 14.3 Å².